The first-order valence-corrected chi connectivity index (χ1v) is 5.52. The summed E-state index contributed by atoms with van der Waals surface area (Å²) < 4.78 is 0. The molecule has 0 heterocycles. The molecule has 92 valence electrons. The van der Waals surface area contributed by atoms with Crippen molar-refractivity contribution in [1.82, 2.24) is 5.32 Å². The van der Waals surface area contributed by atoms with E-state index in [1.807, 2.05) is 30.3 Å². The van der Waals surface area contributed by atoms with E-state index in [1.165, 1.54) is 0 Å². The lowest BCUT2D eigenvalue weighted by molar-refractivity contribution is -0.127. The monoisotopic (exact) mass is 234 g/mol. The van der Waals surface area contributed by atoms with Crippen molar-refractivity contribution in [3.05, 3.63) is 35.9 Å². The zero-order valence-corrected chi connectivity index (χ0v) is 10.2. The number of ketones is 1. The lowest BCUT2D eigenvalue weighted by atomic mass is 10.1. The second-order valence-corrected chi connectivity index (χ2v) is 4.61. The molecule has 0 atom stereocenters. The van der Waals surface area contributed by atoms with E-state index < -0.39 is 5.54 Å². The van der Waals surface area contributed by atoms with E-state index in [1.54, 1.807) is 13.8 Å². The van der Waals surface area contributed by atoms with E-state index in [2.05, 4.69) is 5.32 Å². The smallest absolute Gasteiger partial charge is 0.239 e. The summed E-state index contributed by atoms with van der Waals surface area (Å²) in [5.41, 5.74) is 5.59. The molecular formula is C13H18N2O2. The number of nitrogens with one attached hydrogen (secondary N) is 1. The van der Waals surface area contributed by atoms with E-state index in [4.69, 9.17) is 5.73 Å². The zero-order chi connectivity index (χ0) is 12.9. The fraction of sp³-hybridized carbons (Fsp3) is 0.385. The third-order valence-electron chi connectivity index (χ3n) is 2.28. The molecule has 0 aliphatic carbocycles. The number of Topliss-reactive ketones (excluding diaryl/α,β-unsaturated/α-hetero) is 1. The second kappa shape index (κ2) is 5.59. The van der Waals surface area contributed by atoms with Crippen molar-refractivity contribution in [3.63, 3.8) is 0 Å². The first-order chi connectivity index (χ1) is 7.89. The van der Waals surface area contributed by atoms with Crippen molar-refractivity contribution in [1.29, 1.82) is 0 Å². The number of carbonyl (C=O) groups excluding carboxylic acids is 2. The van der Waals surface area contributed by atoms with Gasteiger partial charge in [0.2, 0.25) is 5.91 Å². The summed E-state index contributed by atoms with van der Waals surface area (Å²) in [5.74, 6) is -0.354. The topological polar surface area (TPSA) is 72.2 Å². The summed E-state index contributed by atoms with van der Waals surface area (Å²) in [5, 5.41) is 2.53. The summed E-state index contributed by atoms with van der Waals surface area (Å²) in [6, 6.07) is 9.42. The molecule has 0 unspecified atom stereocenters. The van der Waals surface area contributed by atoms with E-state index in [-0.39, 0.29) is 18.2 Å². The first kappa shape index (κ1) is 13.4. The van der Waals surface area contributed by atoms with Gasteiger partial charge in [0.1, 0.15) is 0 Å². The van der Waals surface area contributed by atoms with Crippen LogP contribution in [0.25, 0.3) is 0 Å². The van der Waals surface area contributed by atoms with Gasteiger partial charge in [0.05, 0.1) is 12.1 Å². The Labute approximate surface area is 101 Å². The van der Waals surface area contributed by atoms with Crippen LogP contribution in [-0.2, 0) is 16.0 Å². The minimum atomic E-state index is -0.951. The summed E-state index contributed by atoms with van der Waals surface area (Å²) in [6.07, 6.45) is 0.326. The van der Waals surface area contributed by atoms with Gasteiger partial charge >= 0.3 is 0 Å². The number of amides is 1. The van der Waals surface area contributed by atoms with Crippen LogP contribution in [0.2, 0.25) is 0 Å². The minimum absolute atomic E-state index is 0.0222. The number of carbonyl (C=O) groups is 2. The Morgan fingerprint density at radius 1 is 1.24 bits per heavy atom. The number of benzene rings is 1. The Bertz CT molecular complexity index is 394. The van der Waals surface area contributed by atoms with Gasteiger partial charge in [-0.25, -0.2) is 0 Å². The molecule has 0 radical (unpaired) electrons. The van der Waals surface area contributed by atoms with Gasteiger partial charge in [0, 0.05) is 6.42 Å². The minimum Gasteiger partial charge on any atom is -0.347 e. The highest BCUT2D eigenvalue weighted by molar-refractivity contribution is 5.90. The molecule has 17 heavy (non-hydrogen) atoms. The maximum Gasteiger partial charge on any atom is 0.239 e. The molecule has 0 aliphatic heterocycles. The maximum absolute atomic E-state index is 11.6. The molecule has 0 aromatic heterocycles. The van der Waals surface area contributed by atoms with Crippen molar-refractivity contribution in [3.8, 4) is 0 Å². The van der Waals surface area contributed by atoms with Gasteiger partial charge in [-0.1, -0.05) is 30.3 Å². The number of nitrogens with two attached hydrogens (primary N) is 1. The predicted molar refractivity (Wildman–Crippen MR) is 66.4 cm³/mol. The van der Waals surface area contributed by atoms with E-state index in [0.29, 0.717) is 6.42 Å². The molecule has 0 bridgehead atoms. The highest BCUT2D eigenvalue weighted by Gasteiger charge is 2.21. The van der Waals surface area contributed by atoms with Crippen molar-refractivity contribution < 1.29 is 9.59 Å². The normalized spacial score (nSPS) is 11.0. The van der Waals surface area contributed by atoms with Crippen LogP contribution in [-0.4, -0.2) is 23.8 Å². The molecule has 3 N–H and O–H groups in total. The van der Waals surface area contributed by atoms with Crippen LogP contribution in [0.1, 0.15) is 19.4 Å². The van der Waals surface area contributed by atoms with Gasteiger partial charge in [-0.05, 0) is 19.4 Å². The largest absolute Gasteiger partial charge is 0.347 e. The highest BCUT2D eigenvalue weighted by Crippen LogP contribution is 2.00. The fourth-order valence-corrected chi connectivity index (χ4v) is 1.29. The van der Waals surface area contributed by atoms with Crippen molar-refractivity contribution >= 4 is 11.7 Å². The van der Waals surface area contributed by atoms with Crippen LogP contribution in [0.3, 0.4) is 0 Å². The SMILES string of the molecule is CC(C)(N)C(=O)NCC(=O)Cc1ccccc1. The Balaban J connectivity index is 2.39. The lowest BCUT2D eigenvalue weighted by Gasteiger charge is -2.17. The Morgan fingerprint density at radius 2 is 1.82 bits per heavy atom. The van der Waals surface area contributed by atoms with E-state index in [9.17, 15) is 9.59 Å². The average molecular weight is 234 g/mol. The third kappa shape index (κ3) is 4.78. The number of hydrogen-bond acceptors (Lipinski definition) is 3. The molecular weight excluding hydrogens is 216 g/mol. The Hall–Kier alpha value is -1.68. The van der Waals surface area contributed by atoms with Crippen LogP contribution >= 0.6 is 0 Å². The maximum atomic E-state index is 11.6. The molecule has 0 fully saturated rings. The standard InChI is InChI=1S/C13H18N2O2/c1-13(2,14)12(17)15-9-11(16)8-10-6-4-3-5-7-10/h3-7H,8-9,14H2,1-2H3,(H,15,17). The van der Waals surface area contributed by atoms with Gasteiger partial charge in [-0.15, -0.1) is 0 Å². The molecule has 1 rings (SSSR count). The quantitative estimate of drug-likeness (QED) is 0.785. The summed E-state index contributed by atoms with van der Waals surface area (Å²) in [6.45, 7) is 3.22. The van der Waals surface area contributed by atoms with Crippen molar-refractivity contribution in [2.45, 2.75) is 25.8 Å². The van der Waals surface area contributed by atoms with Crippen LogP contribution in [0.4, 0.5) is 0 Å². The molecule has 4 heteroatoms. The average Bonchev–Trinajstić information content (AvgIpc) is 2.26. The van der Waals surface area contributed by atoms with Crippen molar-refractivity contribution in [2.24, 2.45) is 5.73 Å². The van der Waals surface area contributed by atoms with Crippen LogP contribution in [0, 0.1) is 0 Å². The molecule has 4 nitrogen and oxygen atoms in total. The lowest BCUT2D eigenvalue weighted by Crippen LogP contribution is -2.50. The zero-order valence-electron chi connectivity index (χ0n) is 10.2. The van der Waals surface area contributed by atoms with Gasteiger partial charge in [-0.2, -0.15) is 0 Å². The Kier molecular flexibility index (Phi) is 4.40. The third-order valence-corrected chi connectivity index (χ3v) is 2.28. The van der Waals surface area contributed by atoms with Gasteiger partial charge in [0.25, 0.3) is 0 Å². The highest BCUT2D eigenvalue weighted by atomic mass is 16.2. The van der Waals surface area contributed by atoms with Crippen LogP contribution in [0.15, 0.2) is 30.3 Å². The first-order valence-electron chi connectivity index (χ1n) is 5.52. The van der Waals surface area contributed by atoms with Gasteiger partial charge < -0.3 is 11.1 Å². The molecule has 1 aromatic rings. The summed E-state index contributed by atoms with van der Waals surface area (Å²) in [7, 11) is 0. The Morgan fingerprint density at radius 3 is 2.35 bits per heavy atom. The molecule has 0 aliphatic rings. The fourth-order valence-electron chi connectivity index (χ4n) is 1.29. The van der Waals surface area contributed by atoms with Crippen LogP contribution in [0.5, 0.6) is 0 Å². The summed E-state index contributed by atoms with van der Waals surface area (Å²) >= 11 is 0. The number of hydrogen-bond donors (Lipinski definition) is 2. The molecule has 1 aromatic carbocycles. The second-order valence-electron chi connectivity index (χ2n) is 4.61. The molecule has 0 saturated carbocycles. The van der Waals surface area contributed by atoms with E-state index >= 15 is 0 Å². The van der Waals surface area contributed by atoms with E-state index in [0.717, 1.165) is 5.56 Å². The predicted octanol–water partition coefficient (Wildman–Crippen LogP) is 0.652. The molecule has 0 spiro atoms. The van der Waals surface area contributed by atoms with Crippen molar-refractivity contribution in [2.75, 3.05) is 6.54 Å². The van der Waals surface area contributed by atoms with Crippen LogP contribution < -0.4 is 11.1 Å². The number of rotatable bonds is 5. The summed E-state index contributed by atoms with van der Waals surface area (Å²) in [4.78, 5) is 23.0. The molecule has 1 amide bonds. The van der Waals surface area contributed by atoms with Gasteiger partial charge in [-0.3, -0.25) is 9.59 Å². The molecule has 0 saturated heterocycles. The van der Waals surface area contributed by atoms with Gasteiger partial charge in [0.15, 0.2) is 5.78 Å².